The van der Waals surface area contributed by atoms with Crippen LogP contribution in [0.4, 0.5) is 0 Å². The number of carbonyl (C=O) groups is 2. The fourth-order valence-corrected chi connectivity index (χ4v) is 5.18. The van der Waals surface area contributed by atoms with E-state index >= 15 is 0 Å². The SMILES string of the molecule is COC(=O)C[C@@H](N[C@@H]1C2=C(CCCC2)C(=O)N1CCCOC(C)C)c1ccc(OCc2ccccc2)cc1. The van der Waals surface area contributed by atoms with Gasteiger partial charge in [0.1, 0.15) is 18.5 Å². The van der Waals surface area contributed by atoms with E-state index in [1.807, 2.05) is 73.3 Å². The van der Waals surface area contributed by atoms with Crippen molar-refractivity contribution < 1.29 is 23.8 Å². The minimum atomic E-state index is -0.313. The molecule has 7 nitrogen and oxygen atoms in total. The number of nitrogens with zero attached hydrogens (tertiary/aromatic N) is 1. The number of methoxy groups -OCH3 is 1. The van der Waals surface area contributed by atoms with Gasteiger partial charge in [-0.1, -0.05) is 42.5 Å². The van der Waals surface area contributed by atoms with Gasteiger partial charge in [0.2, 0.25) is 0 Å². The van der Waals surface area contributed by atoms with E-state index in [1.54, 1.807) is 0 Å². The predicted molar refractivity (Wildman–Crippen MR) is 146 cm³/mol. The molecule has 1 amide bonds. The third-order valence-corrected chi connectivity index (χ3v) is 7.15. The van der Waals surface area contributed by atoms with Gasteiger partial charge in [-0.25, -0.2) is 0 Å². The van der Waals surface area contributed by atoms with Gasteiger partial charge in [-0.05, 0) is 74.8 Å². The normalized spacial score (nSPS) is 18.1. The van der Waals surface area contributed by atoms with Crippen LogP contribution in [0.3, 0.4) is 0 Å². The summed E-state index contributed by atoms with van der Waals surface area (Å²) in [6.07, 6.45) is 4.68. The van der Waals surface area contributed by atoms with Crippen molar-refractivity contribution in [1.29, 1.82) is 0 Å². The van der Waals surface area contributed by atoms with Crippen molar-refractivity contribution in [3.8, 4) is 5.75 Å². The maximum atomic E-state index is 13.4. The molecule has 0 aromatic heterocycles. The molecule has 0 saturated heterocycles. The van der Waals surface area contributed by atoms with E-state index in [1.165, 1.54) is 12.7 Å². The second kappa shape index (κ2) is 13.6. The molecule has 0 spiro atoms. The Morgan fingerprint density at radius 1 is 1.05 bits per heavy atom. The van der Waals surface area contributed by atoms with Gasteiger partial charge in [0.05, 0.1) is 19.6 Å². The Morgan fingerprint density at radius 3 is 2.50 bits per heavy atom. The predicted octanol–water partition coefficient (Wildman–Crippen LogP) is 5.31. The van der Waals surface area contributed by atoms with Crippen molar-refractivity contribution in [2.75, 3.05) is 20.3 Å². The molecule has 2 aromatic rings. The molecule has 0 saturated carbocycles. The molecule has 0 bridgehead atoms. The molecular formula is C31H40N2O5. The van der Waals surface area contributed by atoms with Gasteiger partial charge < -0.3 is 19.1 Å². The number of hydrogen-bond acceptors (Lipinski definition) is 6. The summed E-state index contributed by atoms with van der Waals surface area (Å²) < 4.78 is 16.7. The quantitative estimate of drug-likeness (QED) is 0.285. The second-order valence-corrected chi connectivity index (χ2v) is 10.2. The monoisotopic (exact) mass is 520 g/mol. The first kappa shape index (κ1) is 27.9. The summed E-state index contributed by atoms with van der Waals surface area (Å²) in [7, 11) is 1.40. The lowest BCUT2D eigenvalue weighted by Crippen LogP contribution is -2.47. The summed E-state index contributed by atoms with van der Waals surface area (Å²) in [4.78, 5) is 27.7. The van der Waals surface area contributed by atoms with Crippen LogP contribution < -0.4 is 10.1 Å². The van der Waals surface area contributed by atoms with Gasteiger partial charge in [-0.15, -0.1) is 0 Å². The van der Waals surface area contributed by atoms with Crippen LogP contribution in [0.25, 0.3) is 0 Å². The van der Waals surface area contributed by atoms with E-state index in [-0.39, 0.29) is 36.6 Å². The highest BCUT2D eigenvalue weighted by molar-refractivity contribution is 5.97. The van der Waals surface area contributed by atoms with Crippen molar-refractivity contribution in [2.45, 2.75) is 77.3 Å². The first-order valence-electron chi connectivity index (χ1n) is 13.7. The van der Waals surface area contributed by atoms with Crippen molar-refractivity contribution >= 4 is 11.9 Å². The summed E-state index contributed by atoms with van der Waals surface area (Å²) in [6, 6.07) is 17.5. The van der Waals surface area contributed by atoms with E-state index in [0.717, 1.165) is 54.6 Å². The van der Waals surface area contributed by atoms with E-state index in [2.05, 4.69) is 5.32 Å². The molecule has 0 radical (unpaired) electrons. The van der Waals surface area contributed by atoms with E-state index < -0.39 is 0 Å². The second-order valence-electron chi connectivity index (χ2n) is 10.2. The molecule has 2 aliphatic rings. The molecule has 2 atom stereocenters. The number of ether oxygens (including phenoxy) is 3. The highest BCUT2D eigenvalue weighted by atomic mass is 16.5. The zero-order valence-electron chi connectivity index (χ0n) is 22.8. The maximum Gasteiger partial charge on any atom is 0.307 e. The number of benzene rings is 2. The zero-order chi connectivity index (χ0) is 26.9. The van der Waals surface area contributed by atoms with E-state index in [4.69, 9.17) is 14.2 Å². The summed E-state index contributed by atoms with van der Waals surface area (Å²) in [5.74, 6) is 0.573. The van der Waals surface area contributed by atoms with Gasteiger partial charge in [0.25, 0.3) is 5.91 Å². The topological polar surface area (TPSA) is 77.1 Å². The van der Waals surface area contributed by atoms with Crippen LogP contribution in [0.2, 0.25) is 0 Å². The average Bonchev–Trinajstić information content (AvgIpc) is 3.20. The Kier molecular flexibility index (Phi) is 9.96. The number of rotatable bonds is 13. The maximum absolute atomic E-state index is 13.4. The molecule has 4 rings (SSSR count). The minimum Gasteiger partial charge on any atom is -0.489 e. The van der Waals surface area contributed by atoms with Crippen LogP contribution in [-0.2, 0) is 25.7 Å². The first-order valence-corrected chi connectivity index (χ1v) is 13.7. The highest BCUT2D eigenvalue weighted by Gasteiger charge is 2.40. The minimum absolute atomic E-state index is 0.114. The number of carbonyl (C=O) groups excluding carboxylic acids is 2. The lowest BCUT2D eigenvalue weighted by Gasteiger charge is -2.32. The fraction of sp³-hybridized carbons (Fsp3) is 0.484. The molecule has 204 valence electrons. The molecule has 1 N–H and O–H groups in total. The van der Waals surface area contributed by atoms with Crippen LogP contribution in [0.15, 0.2) is 65.7 Å². The lowest BCUT2D eigenvalue weighted by atomic mass is 9.92. The van der Waals surface area contributed by atoms with E-state index in [9.17, 15) is 9.59 Å². The van der Waals surface area contributed by atoms with E-state index in [0.29, 0.717) is 19.8 Å². The molecule has 2 aromatic carbocycles. The third kappa shape index (κ3) is 7.23. The summed E-state index contributed by atoms with van der Waals surface area (Å²) in [5.41, 5.74) is 4.16. The molecule has 1 aliphatic heterocycles. The first-order chi connectivity index (χ1) is 18.5. The Balaban J connectivity index is 1.50. The molecule has 38 heavy (non-hydrogen) atoms. The molecule has 1 aliphatic carbocycles. The third-order valence-electron chi connectivity index (χ3n) is 7.15. The molecule has 7 heteroatoms. The largest absolute Gasteiger partial charge is 0.489 e. The summed E-state index contributed by atoms with van der Waals surface area (Å²) in [5, 5.41) is 3.67. The number of esters is 1. The summed E-state index contributed by atoms with van der Waals surface area (Å²) >= 11 is 0. The number of nitrogens with one attached hydrogen (secondary N) is 1. The van der Waals surface area contributed by atoms with Crippen LogP contribution in [-0.4, -0.2) is 49.3 Å². The Morgan fingerprint density at radius 2 is 1.79 bits per heavy atom. The van der Waals surface area contributed by atoms with Gasteiger partial charge in [-0.3, -0.25) is 14.9 Å². The van der Waals surface area contributed by atoms with Crippen LogP contribution >= 0.6 is 0 Å². The van der Waals surface area contributed by atoms with Crippen molar-refractivity contribution in [3.63, 3.8) is 0 Å². The van der Waals surface area contributed by atoms with Crippen LogP contribution in [0.5, 0.6) is 5.75 Å². The number of amides is 1. The highest BCUT2D eigenvalue weighted by Crippen LogP contribution is 2.37. The van der Waals surface area contributed by atoms with Gasteiger partial charge >= 0.3 is 5.97 Å². The molecule has 0 unspecified atom stereocenters. The van der Waals surface area contributed by atoms with Gasteiger partial charge in [-0.2, -0.15) is 0 Å². The Labute approximate surface area is 226 Å². The lowest BCUT2D eigenvalue weighted by molar-refractivity contribution is -0.141. The standard InChI is InChI=1S/C31H40N2O5/c1-22(2)37-19-9-18-33-30(26-12-7-8-13-27(26)31(33)35)32-28(20-29(34)36-3)24-14-16-25(17-15-24)38-21-23-10-5-4-6-11-23/h4-6,10-11,14-17,22,28,30,32H,7-9,12-13,18-21H2,1-3H3/t28-,30+/m1/s1. The average molecular weight is 521 g/mol. The fourth-order valence-electron chi connectivity index (χ4n) is 5.18. The van der Waals surface area contributed by atoms with Gasteiger partial charge in [0, 0.05) is 24.8 Å². The van der Waals surface area contributed by atoms with Crippen LogP contribution in [0, 0.1) is 0 Å². The zero-order valence-corrected chi connectivity index (χ0v) is 22.8. The summed E-state index contributed by atoms with van der Waals surface area (Å²) in [6.45, 7) is 5.73. The van der Waals surface area contributed by atoms with Gasteiger partial charge in [0.15, 0.2) is 0 Å². The Hall–Kier alpha value is -3.16. The molecular weight excluding hydrogens is 480 g/mol. The molecule has 1 heterocycles. The Bertz CT molecular complexity index is 1100. The van der Waals surface area contributed by atoms with Crippen molar-refractivity contribution in [3.05, 3.63) is 76.9 Å². The van der Waals surface area contributed by atoms with Crippen molar-refractivity contribution in [1.82, 2.24) is 10.2 Å². The molecule has 0 fully saturated rings. The smallest absolute Gasteiger partial charge is 0.307 e. The number of hydrogen-bond donors (Lipinski definition) is 1. The van der Waals surface area contributed by atoms with Crippen LogP contribution in [0.1, 0.15) is 69.5 Å². The van der Waals surface area contributed by atoms with Crippen molar-refractivity contribution in [2.24, 2.45) is 0 Å².